The van der Waals surface area contributed by atoms with Crippen molar-refractivity contribution in [2.24, 2.45) is 0 Å². The lowest BCUT2D eigenvalue weighted by Crippen LogP contribution is -2.14. The molecule has 0 unspecified atom stereocenters. The van der Waals surface area contributed by atoms with Crippen LogP contribution in [0, 0.1) is 0 Å². The second-order valence-electron chi connectivity index (χ2n) is 5.84. The Kier molecular flexibility index (Phi) is 4.28. The number of aromatic nitrogens is 5. The number of hydrogen-bond acceptors (Lipinski definition) is 6. The summed E-state index contributed by atoms with van der Waals surface area (Å²) < 4.78 is 27.5. The molecule has 1 aromatic carbocycles. The Bertz CT molecular complexity index is 1190. The Balaban J connectivity index is 1.70. The fraction of sp³-hybridized carbons (Fsp3) is 0.111. The molecule has 136 valence electrons. The monoisotopic (exact) mass is 380 g/mol. The predicted octanol–water partition coefficient (Wildman–Crippen LogP) is 2.61. The molecule has 0 atom stereocenters. The van der Waals surface area contributed by atoms with Gasteiger partial charge in [0.2, 0.25) is 10.0 Å². The largest absolute Gasteiger partial charge is 0.284 e. The molecule has 0 spiro atoms. The summed E-state index contributed by atoms with van der Waals surface area (Å²) in [5, 5.41) is 13.0. The SMILES string of the molecule is CCS(=O)(=O)Nc1ccc(-c2ccc3nnc(-c4cccnc4)n3n2)cc1. The van der Waals surface area contributed by atoms with E-state index in [1.54, 1.807) is 36.0 Å². The van der Waals surface area contributed by atoms with Gasteiger partial charge in [0.25, 0.3) is 0 Å². The highest BCUT2D eigenvalue weighted by molar-refractivity contribution is 7.92. The zero-order valence-electron chi connectivity index (χ0n) is 14.4. The smallest absolute Gasteiger partial charge is 0.232 e. The molecule has 0 fully saturated rings. The molecular formula is C18H16N6O2S. The molecule has 0 saturated carbocycles. The van der Waals surface area contributed by atoms with Crippen LogP contribution in [0.4, 0.5) is 5.69 Å². The van der Waals surface area contributed by atoms with E-state index in [1.807, 2.05) is 36.4 Å². The van der Waals surface area contributed by atoms with Gasteiger partial charge in [0.15, 0.2) is 11.5 Å². The van der Waals surface area contributed by atoms with Crippen LogP contribution in [0.2, 0.25) is 0 Å². The lowest BCUT2D eigenvalue weighted by atomic mass is 10.1. The third-order valence-corrected chi connectivity index (χ3v) is 5.32. The van der Waals surface area contributed by atoms with Crippen LogP contribution in [0.3, 0.4) is 0 Å². The first kappa shape index (κ1) is 17.1. The van der Waals surface area contributed by atoms with Crippen LogP contribution >= 0.6 is 0 Å². The molecule has 0 aliphatic carbocycles. The maximum atomic E-state index is 11.7. The highest BCUT2D eigenvalue weighted by Crippen LogP contribution is 2.22. The number of sulfonamides is 1. The number of fused-ring (bicyclic) bond motifs is 1. The first-order valence-corrected chi connectivity index (χ1v) is 9.95. The number of benzene rings is 1. The Morgan fingerprint density at radius 2 is 1.81 bits per heavy atom. The zero-order valence-corrected chi connectivity index (χ0v) is 15.3. The minimum Gasteiger partial charge on any atom is -0.284 e. The maximum absolute atomic E-state index is 11.7. The Hall–Kier alpha value is -3.33. The summed E-state index contributed by atoms with van der Waals surface area (Å²) in [6, 6.07) is 14.5. The van der Waals surface area contributed by atoms with Gasteiger partial charge in [0, 0.05) is 29.2 Å². The zero-order chi connectivity index (χ0) is 18.9. The third kappa shape index (κ3) is 3.49. The van der Waals surface area contributed by atoms with E-state index in [9.17, 15) is 8.42 Å². The van der Waals surface area contributed by atoms with Crippen molar-refractivity contribution >= 4 is 21.4 Å². The van der Waals surface area contributed by atoms with E-state index < -0.39 is 10.0 Å². The van der Waals surface area contributed by atoms with Gasteiger partial charge in [-0.05, 0) is 43.3 Å². The lowest BCUT2D eigenvalue weighted by Gasteiger charge is -2.07. The average molecular weight is 380 g/mol. The quantitative estimate of drug-likeness (QED) is 0.571. The molecule has 8 nitrogen and oxygen atoms in total. The molecule has 0 aliphatic heterocycles. The van der Waals surface area contributed by atoms with Crippen molar-refractivity contribution in [3.05, 3.63) is 60.9 Å². The number of nitrogens with one attached hydrogen (secondary N) is 1. The molecule has 4 aromatic rings. The van der Waals surface area contributed by atoms with Crippen LogP contribution in [0.25, 0.3) is 28.3 Å². The summed E-state index contributed by atoms with van der Waals surface area (Å²) >= 11 is 0. The van der Waals surface area contributed by atoms with Crippen LogP contribution in [0.15, 0.2) is 60.9 Å². The van der Waals surface area contributed by atoms with Gasteiger partial charge >= 0.3 is 0 Å². The molecule has 3 heterocycles. The van der Waals surface area contributed by atoms with Crippen LogP contribution in [0.5, 0.6) is 0 Å². The highest BCUT2D eigenvalue weighted by Gasteiger charge is 2.11. The van der Waals surface area contributed by atoms with Gasteiger partial charge in [-0.15, -0.1) is 10.2 Å². The van der Waals surface area contributed by atoms with Gasteiger partial charge in [0.1, 0.15) is 0 Å². The minimum absolute atomic E-state index is 0.0255. The van der Waals surface area contributed by atoms with Crippen molar-refractivity contribution in [2.45, 2.75) is 6.92 Å². The molecule has 1 N–H and O–H groups in total. The predicted molar refractivity (Wildman–Crippen MR) is 103 cm³/mol. The van der Waals surface area contributed by atoms with E-state index in [0.29, 0.717) is 17.2 Å². The van der Waals surface area contributed by atoms with E-state index in [1.165, 1.54) is 0 Å². The number of rotatable bonds is 5. The summed E-state index contributed by atoms with van der Waals surface area (Å²) in [6.45, 7) is 1.59. The van der Waals surface area contributed by atoms with E-state index >= 15 is 0 Å². The minimum atomic E-state index is -3.30. The van der Waals surface area contributed by atoms with Crippen molar-refractivity contribution in [1.82, 2.24) is 24.8 Å². The van der Waals surface area contributed by atoms with E-state index in [0.717, 1.165) is 16.8 Å². The van der Waals surface area contributed by atoms with E-state index in [2.05, 4.69) is 25.0 Å². The standard InChI is InChI=1S/C18H16N6O2S/c1-2-27(25,26)23-15-7-5-13(6-8-15)16-9-10-17-20-21-18(24(17)22-16)14-4-3-11-19-12-14/h3-12,23H,2H2,1H3. The van der Waals surface area contributed by atoms with Crippen molar-refractivity contribution in [2.75, 3.05) is 10.5 Å². The molecule has 9 heteroatoms. The Morgan fingerprint density at radius 1 is 1.00 bits per heavy atom. The first-order valence-electron chi connectivity index (χ1n) is 8.29. The summed E-state index contributed by atoms with van der Waals surface area (Å²) in [4.78, 5) is 4.11. The number of nitrogens with zero attached hydrogens (tertiary/aromatic N) is 5. The summed E-state index contributed by atoms with van der Waals surface area (Å²) in [7, 11) is -3.30. The third-order valence-electron chi connectivity index (χ3n) is 4.02. The van der Waals surface area contributed by atoms with Gasteiger partial charge < -0.3 is 0 Å². The van der Waals surface area contributed by atoms with Crippen molar-refractivity contribution in [3.8, 4) is 22.6 Å². The van der Waals surface area contributed by atoms with Crippen molar-refractivity contribution in [3.63, 3.8) is 0 Å². The molecule has 0 bridgehead atoms. The van der Waals surface area contributed by atoms with Crippen molar-refractivity contribution in [1.29, 1.82) is 0 Å². The van der Waals surface area contributed by atoms with E-state index in [-0.39, 0.29) is 5.75 Å². The lowest BCUT2D eigenvalue weighted by molar-refractivity contribution is 0.602. The van der Waals surface area contributed by atoms with Crippen LogP contribution < -0.4 is 4.72 Å². The molecule has 0 radical (unpaired) electrons. The average Bonchev–Trinajstić information content (AvgIpc) is 3.12. The Morgan fingerprint density at radius 3 is 2.52 bits per heavy atom. The second-order valence-corrected chi connectivity index (χ2v) is 7.85. The van der Waals surface area contributed by atoms with Gasteiger partial charge in [0.05, 0.1) is 11.4 Å². The number of hydrogen-bond donors (Lipinski definition) is 1. The highest BCUT2D eigenvalue weighted by atomic mass is 32.2. The number of anilines is 1. The fourth-order valence-corrected chi connectivity index (χ4v) is 3.22. The molecule has 0 amide bonds. The van der Waals surface area contributed by atoms with Crippen LogP contribution in [-0.4, -0.2) is 39.0 Å². The maximum Gasteiger partial charge on any atom is 0.232 e. The van der Waals surface area contributed by atoms with Crippen LogP contribution in [0.1, 0.15) is 6.92 Å². The van der Waals surface area contributed by atoms with Gasteiger partial charge in [-0.1, -0.05) is 12.1 Å². The number of pyridine rings is 1. The summed E-state index contributed by atoms with van der Waals surface area (Å²) in [6.07, 6.45) is 3.40. The fourth-order valence-electron chi connectivity index (χ4n) is 2.58. The van der Waals surface area contributed by atoms with Gasteiger partial charge in [-0.25, -0.2) is 8.42 Å². The van der Waals surface area contributed by atoms with Crippen LogP contribution in [-0.2, 0) is 10.0 Å². The second kappa shape index (κ2) is 6.76. The molecule has 4 rings (SSSR count). The topological polar surface area (TPSA) is 102 Å². The van der Waals surface area contributed by atoms with Crippen molar-refractivity contribution < 1.29 is 8.42 Å². The molecular weight excluding hydrogens is 364 g/mol. The molecule has 0 saturated heterocycles. The first-order chi connectivity index (χ1) is 13.1. The molecule has 0 aliphatic rings. The van der Waals surface area contributed by atoms with E-state index in [4.69, 9.17) is 0 Å². The van der Waals surface area contributed by atoms with Gasteiger partial charge in [-0.3, -0.25) is 9.71 Å². The summed E-state index contributed by atoms with van der Waals surface area (Å²) in [5.41, 5.74) is 3.53. The summed E-state index contributed by atoms with van der Waals surface area (Å²) in [5.74, 6) is 0.629. The molecule has 27 heavy (non-hydrogen) atoms. The van der Waals surface area contributed by atoms with Gasteiger partial charge in [-0.2, -0.15) is 9.61 Å². The molecule has 3 aromatic heterocycles. The normalized spacial score (nSPS) is 11.6. The Labute approximate surface area is 156 Å².